The highest BCUT2D eigenvalue weighted by Gasteiger charge is 2.08. The van der Waals surface area contributed by atoms with Crippen molar-refractivity contribution in [3.05, 3.63) is 82.6 Å². The lowest BCUT2D eigenvalue weighted by Gasteiger charge is -2.07. The molecule has 0 saturated carbocycles. The molecule has 3 aromatic rings. The minimum atomic E-state index is -0.383. The van der Waals surface area contributed by atoms with Gasteiger partial charge in [-0.1, -0.05) is 24.3 Å². The third-order valence-corrected chi connectivity index (χ3v) is 4.13. The molecule has 0 atom stereocenters. The number of rotatable bonds is 3. The van der Waals surface area contributed by atoms with Gasteiger partial charge in [0.1, 0.15) is 11.6 Å². The summed E-state index contributed by atoms with van der Waals surface area (Å²) in [5, 5.41) is 12.0. The van der Waals surface area contributed by atoms with Gasteiger partial charge in [-0.2, -0.15) is 0 Å². The average molecular weight is 386 g/mol. The molecule has 0 spiro atoms. The third-order valence-electron chi connectivity index (χ3n) is 3.53. The fraction of sp³-hybridized carbons (Fsp3) is 0. The smallest absolute Gasteiger partial charge is 0.255 e. The maximum absolute atomic E-state index is 13.2. The Hall–Kier alpha value is -2.66. The van der Waals surface area contributed by atoms with E-state index in [1.807, 2.05) is 12.1 Å². The van der Waals surface area contributed by atoms with Gasteiger partial charge in [-0.3, -0.25) is 4.79 Å². The first-order chi connectivity index (χ1) is 11.5. The molecule has 0 aliphatic carbocycles. The lowest BCUT2D eigenvalue weighted by Crippen LogP contribution is -2.11. The number of aromatic hydroxyl groups is 1. The molecule has 2 N–H and O–H groups in total. The molecule has 0 aliphatic heterocycles. The number of carbonyl (C=O) groups is 1. The van der Waals surface area contributed by atoms with E-state index in [1.54, 1.807) is 36.4 Å². The zero-order valence-electron chi connectivity index (χ0n) is 12.5. The molecule has 0 heterocycles. The topological polar surface area (TPSA) is 49.3 Å². The minimum Gasteiger partial charge on any atom is -0.508 e. The summed E-state index contributed by atoms with van der Waals surface area (Å²) in [6.45, 7) is 0. The van der Waals surface area contributed by atoms with Gasteiger partial charge in [-0.05, 0) is 69.5 Å². The van der Waals surface area contributed by atoms with Crippen LogP contribution in [0.15, 0.2) is 71.2 Å². The Kier molecular flexibility index (Phi) is 4.62. The van der Waals surface area contributed by atoms with E-state index >= 15 is 0 Å². The van der Waals surface area contributed by atoms with E-state index in [9.17, 15) is 14.3 Å². The molecule has 3 rings (SSSR count). The molecular formula is C19H13BrFNO2. The van der Waals surface area contributed by atoms with E-state index < -0.39 is 0 Å². The summed E-state index contributed by atoms with van der Waals surface area (Å²) >= 11 is 3.09. The summed E-state index contributed by atoms with van der Waals surface area (Å²) in [7, 11) is 0. The first-order valence-electron chi connectivity index (χ1n) is 7.19. The van der Waals surface area contributed by atoms with Crippen molar-refractivity contribution in [2.75, 3.05) is 5.32 Å². The number of halogens is 2. The largest absolute Gasteiger partial charge is 0.508 e. The van der Waals surface area contributed by atoms with Gasteiger partial charge in [0.05, 0.1) is 4.47 Å². The Morgan fingerprint density at radius 1 is 0.917 bits per heavy atom. The minimum absolute atomic E-state index is 0.209. The Bertz CT molecular complexity index is 877. The quantitative estimate of drug-likeness (QED) is 0.649. The van der Waals surface area contributed by atoms with E-state index in [0.717, 1.165) is 11.1 Å². The summed E-state index contributed by atoms with van der Waals surface area (Å²) < 4.78 is 13.5. The maximum Gasteiger partial charge on any atom is 0.255 e. The van der Waals surface area contributed by atoms with Crippen LogP contribution in [0.2, 0.25) is 0 Å². The number of hydrogen-bond donors (Lipinski definition) is 2. The summed E-state index contributed by atoms with van der Waals surface area (Å²) in [6, 6.07) is 18.2. The number of phenolic OH excluding ortho intramolecular Hbond substituents is 1. The van der Waals surface area contributed by atoms with Gasteiger partial charge in [-0.15, -0.1) is 0 Å². The van der Waals surface area contributed by atoms with Crippen LogP contribution < -0.4 is 5.32 Å². The predicted molar refractivity (Wildman–Crippen MR) is 95.6 cm³/mol. The maximum atomic E-state index is 13.2. The monoisotopic (exact) mass is 385 g/mol. The first kappa shape index (κ1) is 16.2. The number of carbonyl (C=O) groups excluding carboxylic acids is 1. The van der Waals surface area contributed by atoms with Crippen LogP contribution in [0.1, 0.15) is 10.4 Å². The number of benzene rings is 3. The second kappa shape index (κ2) is 6.84. The molecule has 24 heavy (non-hydrogen) atoms. The predicted octanol–water partition coefficient (Wildman–Crippen LogP) is 5.21. The van der Waals surface area contributed by atoms with Crippen molar-refractivity contribution in [2.24, 2.45) is 0 Å². The molecule has 5 heteroatoms. The highest BCUT2D eigenvalue weighted by atomic mass is 79.9. The fourth-order valence-corrected chi connectivity index (χ4v) is 2.62. The van der Waals surface area contributed by atoms with Gasteiger partial charge in [0.15, 0.2) is 0 Å². The van der Waals surface area contributed by atoms with Crippen molar-refractivity contribution >= 4 is 27.5 Å². The Morgan fingerprint density at radius 3 is 2.08 bits per heavy atom. The van der Waals surface area contributed by atoms with Crippen molar-refractivity contribution in [3.63, 3.8) is 0 Å². The molecule has 0 fully saturated rings. The van der Waals surface area contributed by atoms with Crippen LogP contribution in [-0.4, -0.2) is 11.0 Å². The average Bonchev–Trinajstić information content (AvgIpc) is 2.59. The SMILES string of the molecule is O=C(Nc1ccc(F)c(Br)c1)c1ccc(-c2ccc(O)cc2)cc1. The van der Waals surface area contributed by atoms with Crippen molar-refractivity contribution in [1.29, 1.82) is 0 Å². The fourth-order valence-electron chi connectivity index (χ4n) is 2.25. The number of anilines is 1. The van der Waals surface area contributed by atoms with Gasteiger partial charge in [-0.25, -0.2) is 4.39 Å². The van der Waals surface area contributed by atoms with Crippen LogP contribution in [0.5, 0.6) is 5.75 Å². The van der Waals surface area contributed by atoms with E-state index in [-0.39, 0.29) is 17.5 Å². The molecule has 1 amide bonds. The number of amides is 1. The van der Waals surface area contributed by atoms with Crippen molar-refractivity contribution in [2.45, 2.75) is 0 Å². The van der Waals surface area contributed by atoms with E-state index in [2.05, 4.69) is 21.2 Å². The van der Waals surface area contributed by atoms with Crippen molar-refractivity contribution in [1.82, 2.24) is 0 Å². The van der Waals surface area contributed by atoms with Gasteiger partial charge in [0.2, 0.25) is 0 Å². The van der Waals surface area contributed by atoms with Crippen LogP contribution in [0.3, 0.4) is 0 Å². The molecule has 0 aromatic heterocycles. The molecular weight excluding hydrogens is 373 g/mol. The lowest BCUT2D eigenvalue weighted by atomic mass is 10.0. The zero-order valence-corrected chi connectivity index (χ0v) is 14.0. The first-order valence-corrected chi connectivity index (χ1v) is 7.98. The standard InChI is InChI=1S/C19H13BrFNO2/c20-17-11-15(7-10-18(17)21)22-19(24)14-3-1-12(2-4-14)13-5-8-16(23)9-6-13/h1-11,23H,(H,22,24). The van der Waals surface area contributed by atoms with E-state index in [0.29, 0.717) is 15.7 Å². The molecule has 0 bridgehead atoms. The van der Waals surface area contributed by atoms with E-state index in [4.69, 9.17) is 0 Å². The van der Waals surface area contributed by atoms with Crippen LogP contribution in [0.25, 0.3) is 11.1 Å². The molecule has 120 valence electrons. The van der Waals surface area contributed by atoms with Gasteiger partial charge in [0, 0.05) is 11.3 Å². The number of hydrogen-bond acceptors (Lipinski definition) is 2. The summed E-state index contributed by atoms with van der Waals surface area (Å²) in [4.78, 5) is 12.2. The van der Waals surface area contributed by atoms with Gasteiger partial charge < -0.3 is 10.4 Å². The summed E-state index contributed by atoms with van der Waals surface area (Å²) in [6.07, 6.45) is 0. The van der Waals surface area contributed by atoms with Crippen LogP contribution in [0.4, 0.5) is 10.1 Å². The lowest BCUT2D eigenvalue weighted by molar-refractivity contribution is 0.102. The summed E-state index contributed by atoms with van der Waals surface area (Å²) in [5.74, 6) is -0.447. The molecule has 0 radical (unpaired) electrons. The normalized spacial score (nSPS) is 10.4. The summed E-state index contributed by atoms with van der Waals surface area (Å²) in [5.41, 5.74) is 2.90. The van der Waals surface area contributed by atoms with Crippen molar-refractivity contribution in [3.8, 4) is 16.9 Å². The molecule has 0 unspecified atom stereocenters. The van der Waals surface area contributed by atoms with Gasteiger partial charge in [0.25, 0.3) is 5.91 Å². The Balaban J connectivity index is 1.76. The number of phenols is 1. The zero-order chi connectivity index (χ0) is 17.1. The molecule has 0 saturated heterocycles. The van der Waals surface area contributed by atoms with Crippen LogP contribution in [0, 0.1) is 5.82 Å². The second-order valence-electron chi connectivity index (χ2n) is 5.21. The molecule has 3 nitrogen and oxygen atoms in total. The highest BCUT2D eigenvalue weighted by Crippen LogP contribution is 2.23. The number of nitrogens with one attached hydrogen (secondary N) is 1. The molecule has 0 aliphatic rings. The highest BCUT2D eigenvalue weighted by molar-refractivity contribution is 9.10. The molecule has 3 aromatic carbocycles. The van der Waals surface area contributed by atoms with Crippen LogP contribution in [-0.2, 0) is 0 Å². The van der Waals surface area contributed by atoms with Gasteiger partial charge >= 0.3 is 0 Å². The van der Waals surface area contributed by atoms with Crippen LogP contribution >= 0.6 is 15.9 Å². The Labute approximate surface area is 146 Å². The van der Waals surface area contributed by atoms with Crippen molar-refractivity contribution < 1.29 is 14.3 Å². The second-order valence-corrected chi connectivity index (χ2v) is 6.06. The third kappa shape index (κ3) is 3.63. The Morgan fingerprint density at radius 2 is 1.50 bits per heavy atom. The van der Waals surface area contributed by atoms with E-state index in [1.165, 1.54) is 18.2 Å².